The first-order chi connectivity index (χ1) is 21.0. The van der Waals surface area contributed by atoms with Crippen molar-refractivity contribution in [2.75, 3.05) is 0 Å². The first-order valence-corrected chi connectivity index (χ1v) is 14.6. The summed E-state index contributed by atoms with van der Waals surface area (Å²) < 4.78 is 2.35. The summed E-state index contributed by atoms with van der Waals surface area (Å²) in [6.07, 6.45) is 7.51. The summed E-state index contributed by atoms with van der Waals surface area (Å²) in [7, 11) is 0. The van der Waals surface area contributed by atoms with Crippen molar-refractivity contribution < 1.29 is 0 Å². The number of nitrogens with zero attached hydrogens (tertiary/aromatic N) is 1. The van der Waals surface area contributed by atoms with Crippen LogP contribution < -0.4 is 5.73 Å². The minimum absolute atomic E-state index is 0.621. The van der Waals surface area contributed by atoms with Crippen molar-refractivity contribution in [1.82, 2.24) is 4.57 Å². The van der Waals surface area contributed by atoms with Crippen LogP contribution in [0.25, 0.3) is 67.3 Å². The molecule has 6 rings (SSSR count). The van der Waals surface area contributed by atoms with E-state index in [0.717, 1.165) is 77.6 Å². The van der Waals surface area contributed by atoms with Crippen molar-refractivity contribution in [2.24, 2.45) is 5.73 Å². The van der Waals surface area contributed by atoms with Crippen LogP contribution in [0.1, 0.15) is 36.2 Å². The highest BCUT2D eigenvalue weighted by molar-refractivity contribution is 6.20. The molecule has 0 atom stereocenters. The van der Waals surface area contributed by atoms with Gasteiger partial charge in [-0.2, -0.15) is 0 Å². The van der Waals surface area contributed by atoms with Gasteiger partial charge in [0, 0.05) is 45.2 Å². The summed E-state index contributed by atoms with van der Waals surface area (Å²) in [4.78, 5) is 0. The summed E-state index contributed by atoms with van der Waals surface area (Å²) in [6, 6.07) is 36.6. The highest BCUT2D eigenvalue weighted by Gasteiger charge is 2.22. The molecule has 0 saturated carbocycles. The Morgan fingerprint density at radius 3 is 1.88 bits per heavy atom. The molecular formula is C40H35N3. The van der Waals surface area contributed by atoms with Crippen LogP contribution in [0.4, 0.5) is 0 Å². The quantitative estimate of drug-likeness (QED) is 0.188. The molecule has 6 aromatic rings. The van der Waals surface area contributed by atoms with E-state index in [1.807, 2.05) is 32.1 Å². The first kappa shape index (κ1) is 27.7. The van der Waals surface area contributed by atoms with Crippen LogP contribution in [-0.2, 0) is 0 Å². The van der Waals surface area contributed by atoms with Gasteiger partial charge in [0.2, 0.25) is 0 Å². The Labute approximate surface area is 253 Å². The largest absolute Gasteiger partial charge is 0.402 e. The topological polar surface area (TPSA) is 54.8 Å². The molecule has 0 radical (unpaired) electrons. The van der Waals surface area contributed by atoms with E-state index in [1.54, 1.807) is 0 Å². The fourth-order valence-electron chi connectivity index (χ4n) is 6.28. The molecule has 210 valence electrons. The van der Waals surface area contributed by atoms with Gasteiger partial charge in [0.05, 0.1) is 5.52 Å². The number of rotatable bonds is 7. The highest BCUT2D eigenvalue weighted by Crippen LogP contribution is 2.41. The van der Waals surface area contributed by atoms with E-state index < -0.39 is 0 Å². The van der Waals surface area contributed by atoms with Crippen molar-refractivity contribution in [3.8, 4) is 27.9 Å². The van der Waals surface area contributed by atoms with Gasteiger partial charge in [-0.05, 0) is 77.7 Å². The molecular weight excluding hydrogens is 522 g/mol. The van der Waals surface area contributed by atoms with Gasteiger partial charge in [0.15, 0.2) is 0 Å². The Hall–Kier alpha value is -5.41. The number of benzene rings is 5. The number of nitrogens with two attached hydrogens (primary N) is 1. The van der Waals surface area contributed by atoms with Crippen molar-refractivity contribution in [3.05, 3.63) is 144 Å². The lowest BCUT2D eigenvalue weighted by Crippen LogP contribution is -2.02. The third kappa shape index (κ3) is 4.79. The second kappa shape index (κ2) is 11.5. The average molecular weight is 558 g/mol. The second-order valence-electron chi connectivity index (χ2n) is 10.9. The number of nitrogens with one attached hydrogen (secondary N) is 1. The molecule has 0 bridgehead atoms. The van der Waals surface area contributed by atoms with Crippen LogP contribution >= 0.6 is 0 Å². The Morgan fingerprint density at radius 1 is 0.767 bits per heavy atom. The van der Waals surface area contributed by atoms with Gasteiger partial charge in [-0.25, -0.2) is 0 Å². The normalized spacial score (nSPS) is 12.2. The lowest BCUT2D eigenvalue weighted by atomic mass is 9.94. The van der Waals surface area contributed by atoms with Gasteiger partial charge in [0.1, 0.15) is 0 Å². The molecule has 5 aromatic carbocycles. The van der Waals surface area contributed by atoms with Crippen LogP contribution in [0.2, 0.25) is 0 Å². The molecule has 1 heterocycles. The molecule has 0 unspecified atom stereocenters. The predicted octanol–water partition coefficient (Wildman–Crippen LogP) is 10.4. The lowest BCUT2D eigenvalue weighted by molar-refractivity contribution is 1.05. The third-order valence-corrected chi connectivity index (χ3v) is 8.22. The van der Waals surface area contributed by atoms with E-state index in [2.05, 4.69) is 121 Å². The smallest absolute Gasteiger partial charge is 0.0616 e. The standard InChI is InChI=1S/C40H35N3/c1-5-13-30-18-19-36-35(34(30)6-2)20-21-37-39(38(25-41)26(3)42)27(4)43(40(36)37)33-23-31(28-14-9-7-10-15-28)22-32(24-33)29-16-11-8-12-17-29/h5-25,41H,2,42H2,1,3-4H3/b13-5-,38-26+,41-25?. The molecule has 3 nitrogen and oxygen atoms in total. The lowest BCUT2D eigenvalue weighted by Gasteiger charge is -2.16. The summed E-state index contributed by atoms with van der Waals surface area (Å²) >= 11 is 0. The van der Waals surface area contributed by atoms with Crippen molar-refractivity contribution in [2.45, 2.75) is 20.8 Å². The molecule has 1 aromatic heterocycles. The van der Waals surface area contributed by atoms with E-state index in [-0.39, 0.29) is 0 Å². The molecule has 43 heavy (non-hydrogen) atoms. The Morgan fingerprint density at radius 2 is 1.35 bits per heavy atom. The summed E-state index contributed by atoms with van der Waals surface area (Å²) in [5, 5.41) is 11.6. The summed E-state index contributed by atoms with van der Waals surface area (Å²) in [5.41, 5.74) is 18.7. The van der Waals surface area contributed by atoms with Gasteiger partial charge >= 0.3 is 0 Å². The molecule has 0 aliphatic heterocycles. The number of hydrogen-bond donors (Lipinski definition) is 2. The number of fused-ring (bicyclic) bond motifs is 3. The maximum absolute atomic E-state index is 8.31. The molecule has 0 fully saturated rings. The molecule has 0 amide bonds. The third-order valence-electron chi connectivity index (χ3n) is 8.22. The van der Waals surface area contributed by atoms with Gasteiger partial charge in [-0.3, -0.25) is 0 Å². The highest BCUT2D eigenvalue weighted by atomic mass is 15.0. The van der Waals surface area contributed by atoms with Crippen molar-refractivity contribution >= 4 is 45.6 Å². The zero-order chi connectivity index (χ0) is 30.1. The minimum Gasteiger partial charge on any atom is -0.402 e. The van der Waals surface area contributed by atoms with Crippen LogP contribution in [0.5, 0.6) is 0 Å². The Kier molecular flexibility index (Phi) is 7.40. The Bertz CT molecular complexity index is 2010. The summed E-state index contributed by atoms with van der Waals surface area (Å²) in [6.45, 7) is 10.2. The number of hydrogen-bond acceptors (Lipinski definition) is 2. The maximum atomic E-state index is 8.31. The van der Waals surface area contributed by atoms with Gasteiger partial charge in [-0.1, -0.05) is 110 Å². The van der Waals surface area contributed by atoms with E-state index in [4.69, 9.17) is 11.1 Å². The fourth-order valence-corrected chi connectivity index (χ4v) is 6.28. The van der Waals surface area contributed by atoms with E-state index in [0.29, 0.717) is 5.70 Å². The van der Waals surface area contributed by atoms with E-state index >= 15 is 0 Å². The van der Waals surface area contributed by atoms with Crippen molar-refractivity contribution in [1.29, 1.82) is 5.41 Å². The first-order valence-electron chi connectivity index (χ1n) is 14.6. The maximum Gasteiger partial charge on any atom is 0.0616 e. The molecule has 0 aliphatic rings. The monoisotopic (exact) mass is 557 g/mol. The van der Waals surface area contributed by atoms with E-state index in [9.17, 15) is 0 Å². The van der Waals surface area contributed by atoms with E-state index in [1.165, 1.54) is 6.21 Å². The van der Waals surface area contributed by atoms with Crippen molar-refractivity contribution in [3.63, 3.8) is 0 Å². The van der Waals surface area contributed by atoms with Crippen LogP contribution in [0, 0.1) is 12.3 Å². The summed E-state index contributed by atoms with van der Waals surface area (Å²) in [5.74, 6) is 0. The van der Waals surface area contributed by atoms with Crippen LogP contribution in [0.15, 0.2) is 121 Å². The number of allylic oxidation sites excluding steroid dienone is 3. The van der Waals surface area contributed by atoms with Crippen LogP contribution in [-0.4, -0.2) is 10.8 Å². The number of aromatic nitrogens is 1. The van der Waals surface area contributed by atoms with Gasteiger partial charge in [0.25, 0.3) is 0 Å². The minimum atomic E-state index is 0.621. The molecule has 0 spiro atoms. The second-order valence-corrected chi connectivity index (χ2v) is 10.9. The molecule has 0 saturated heterocycles. The molecule has 3 heteroatoms. The zero-order valence-corrected chi connectivity index (χ0v) is 24.9. The Balaban J connectivity index is 1.79. The zero-order valence-electron chi connectivity index (χ0n) is 24.9. The molecule has 3 N–H and O–H groups in total. The fraction of sp³-hybridized carbons (Fsp3) is 0.0750. The van der Waals surface area contributed by atoms with Gasteiger partial charge < -0.3 is 15.7 Å². The SMILES string of the molecule is C=Cc1c(/C=C\C)ccc2c1ccc1c(/C(C=N)=C(\C)N)c(C)n(-c3cc(-c4ccccc4)cc(-c4ccccc4)c3)c12. The van der Waals surface area contributed by atoms with Gasteiger partial charge in [-0.15, -0.1) is 0 Å². The predicted molar refractivity (Wildman–Crippen MR) is 187 cm³/mol. The van der Waals surface area contributed by atoms with Crippen LogP contribution in [0.3, 0.4) is 0 Å². The molecule has 0 aliphatic carbocycles. The average Bonchev–Trinajstić information content (AvgIpc) is 3.33.